The average Bonchev–Trinajstić information content (AvgIpc) is 3.18. The predicted molar refractivity (Wildman–Crippen MR) is 107 cm³/mol. The Balaban J connectivity index is 1.71. The third kappa shape index (κ3) is 4.93. The van der Waals surface area contributed by atoms with E-state index < -0.39 is 0 Å². The fourth-order valence-corrected chi connectivity index (χ4v) is 3.63. The highest BCUT2D eigenvalue weighted by atomic mass is 32.1. The first-order chi connectivity index (χ1) is 13.1. The fourth-order valence-electron chi connectivity index (χ4n) is 2.80. The second kappa shape index (κ2) is 8.79. The summed E-state index contributed by atoms with van der Waals surface area (Å²) in [6.45, 7) is 2.06. The maximum absolute atomic E-state index is 13.3. The molecule has 1 unspecified atom stereocenters. The van der Waals surface area contributed by atoms with Gasteiger partial charge in [0.2, 0.25) is 5.91 Å². The van der Waals surface area contributed by atoms with Crippen LogP contribution in [0.3, 0.4) is 0 Å². The lowest BCUT2D eigenvalue weighted by atomic mass is 10.1. The zero-order valence-corrected chi connectivity index (χ0v) is 16.0. The van der Waals surface area contributed by atoms with Crippen LogP contribution in [0.4, 0.5) is 10.1 Å². The SMILES string of the molecule is COc1ccc(C)cc1NC(=O)CNC(c1ccc(F)cc1)c1cccs1. The first-order valence-corrected chi connectivity index (χ1v) is 9.41. The number of ether oxygens (including phenoxy) is 1. The molecule has 1 atom stereocenters. The van der Waals surface area contributed by atoms with E-state index in [1.165, 1.54) is 12.1 Å². The summed E-state index contributed by atoms with van der Waals surface area (Å²) in [6.07, 6.45) is 0. The van der Waals surface area contributed by atoms with Crippen molar-refractivity contribution in [2.45, 2.75) is 13.0 Å². The van der Waals surface area contributed by atoms with Gasteiger partial charge in [0.05, 0.1) is 25.4 Å². The summed E-state index contributed by atoms with van der Waals surface area (Å²) in [5.74, 6) is 0.151. The van der Waals surface area contributed by atoms with Gasteiger partial charge in [-0.1, -0.05) is 24.3 Å². The Morgan fingerprint density at radius 3 is 2.63 bits per heavy atom. The molecule has 2 aromatic carbocycles. The summed E-state index contributed by atoms with van der Waals surface area (Å²) >= 11 is 1.59. The molecule has 0 saturated heterocycles. The number of methoxy groups -OCH3 is 1. The largest absolute Gasteiger partial charge is 0.495 e. The van der Waals surface area contributed by atoms with Gasteiger partial charge >= 0.3 is 0 Å². The molecule has 27 heavy (non-hydrogen) atoms. The molecule has 2 N–H and O–H groups in total. The van der Waals surface area contributed by atoms with E-state index in [1.807, 2.05) is 42.6 Å². The van der Waals surface area contributed by atoms with Crippen molar-refractivity contribution in [3.63, 3.8) is 0 Å². The van der Waals surface area contributed by atoms with Gasteiger partial charge in [-0.3, -0.25) is 10.1 Å². The summed E-state index contributed by atoms with van der Waals surface area (Å²) < 4.78 is 18.6. The number of amides is 1. The van der Waals surface area contributed by atoms with Crippen LogP contribution >= 0.6 is 11.3 Å². The second-order valence-electron chi connectivity index (χ2n) is 6.13. The molecule has 0 aliphatic heterocycles. The quantitative estimate of drug-likeness (QED) is 0.630. The summed E-state index contributed by atoms with van der Waals surface area (Å²) in [4.78, 5) is 13.5. The monoisotopic (exact) mass is 384 g/mol. The van der Waals surface area contributed by atoms with Crippen molar-refractivity contribution in [2.24, 2.45) is 0 Å². The maximum Gasteiger partial charge on any atom is 0.238 e. The molecule has 6 heteroatoms. The van der Waals surface area contributed by atoms with Gasteiger partial charge < -0.3 is 10.1 Å². The molecule has 1 heterocycles. The maximum atomic E-state index is 13.3. The first-order valence-electron chi connectivity index (χ1n) is 8.53. The third-order valence-corrected chi connectivity index (χ3v) is 5.06. The molecule has 140 valence electrons. The molecule has 4 nitrogen and oxygen atoms in total. The molecule has 1 amide bonds. The van der Waals surface area contributed by atoms with Crippen LogP contribution in [-0.4, -0.2) is 19.6 Å². The van der Waals surface area contributed by atoms with Gasteiger partial charge in [0.1, 0.15) is 11.6 Å². The van der Waals surface area contributed by atoms with Crippen LogP contribution in [0.5, 0.6) is 5.75 Å². The number of rotatable bonds is 7. The lowest BCUT2D eigenvalue weighted by Crippen LogP contribution is -2.31. The summed E-state index contributed by atoms with van der Waals surface area (Å²) in [6, 6.07) is 15.7. The summed E-state index contributed by atoms with van der Waals surface area (Å²) in [5, 5.41) is 8.12. The van der Waals surface area contributed by atoms with Gasteiger partial charge in [0.25, 0.3) is 0 Å². The Morgan fingerprint density at radius 1 is 1.19 bits per heavy atom. The first kappa shape index (κ1) is 19.1. The Labute approximate surface area is 162 Å². The van der Waals surface area contributed by atoms with Gasteiger partial charge in [0, 0.05) is 4.88 Å². The highest BCUT2D eigenvalue weighted by Gasteiger charge is 2.17. The standard InChI is InChI=1S/C21H21FN2O2S/c1-14-5-10-18(26-2)17(12-14)24-20(25)13-23-21(19-4-3-11-27-19)15-6-8-16(22)9-7-15/h3-12,21,23H,13H2,1-2H3,(H,24,25). The lowest BCUT2D eigenvalue weighted by Gasteiger charge is -2.18. The number of benzene rings is 2. The third-order valence-electron chi connectivity index (χ3n) is 4.13. The van der Waals surface area contributed by atoms with Crippen molar-refractivity contribution in [2.75, 3.05) is 19.0 Å². The molecule has 0 radical (unpaired) electrons. The Morgan fingerprint density at radius 2 is 1.96 bits per heavy atom. The lowest BCUT2D eigenvalue weighted by molar-refractivity contribution is -0.115. The van der Waals surface area contributed by atoms with E-state index in [0.717, 1.165) is 16.0 Å². The number of hydrogen-bond donors (Lipinski definition) is 2. The highest BCUT2D eigenvalue weighted by molar-refractivity contribution is 7.10. The number of nitrogens with one attached hydrogen (secondary N) is 2. The molecule has 3 aromatic rings. The van der Waals surface area contributed by atoms with Crippen molar-refractivity contribution in [1.29, 1.82) is 0 Å². The molecule has 0 saturated carbocycles. The number of thiophene rings is 1. The predicted octanol–water partition coefficient (Wildman–Crippen LogP) is 4.52. The van der Waals surface area contributed by atoms with Gasteiger partial charge in [-0.25, -0.2) is 4.39 Å². The van der Waals surface area contributed by atoms with Crippen molar-refractivity contribution in [3.8, 4) is 5.75 Å². The minimum Gasteiger partial charge on any atom is -0.495 e. The zero-order valence-electron chi connectivity index (χ0n) is 15.2. The van der Waals surface area contributed by atoms with E-state index in [0.29, 0.717) is 11.4 Å². The Kier molecular flexibility index (Phi) is 6.21. The molecule has 0 bridgehead atoms. The number of hydrogen-bond acceptors (Lipinski definition) is 4. The molecular formula is C21H21FN2O2S. The number of carbonyl (C=O) groups is 1. The van der Waals surface area contributed by atoms with Gasteiger partial charge in [0.15, 0.2) is 0 Å². The molecule has 3 rings (SSSR count). The van der Waals surface area contributed by atoms with E-state index in [1.54, 1.807) is 30.6 Å². The van der Waals surface area contributed by atoms with Crippen molar-refractivity contribution >= 4 is 22.9 Å². The molecular weight excluding hydrogens is 363 g/mol. The van der Waals surface area contributed by atoms with Gasteiger partial charge in [-0.2, -0.15) is 0 Å². The van der Waals surface area contributed by atoms with Crippen molar-refractivity contribution in [1.82, 2.24) is 5.32 Å². The van der Waals surface area contributed by atoms with Crippen molar-refractivity contribution < 1.29 is 13.9 Å². The summed E-state index contributed by atoms with van der Waals surface area (Å²) in [5.41, 5.74) is 2.57. The topological polar surface area (TPSA) is 50.4 Å². The Bertz CT molecular complexity index is 895. The van der Waals surface area contributed by atoms with E-state index in [-0.39, 0.29) is 24.3 Å². The van der Waals surface area contributed by atoms with Crippen LogP contribution in [0.2, 0.25) is 0 Å². The van der Waals surface area contributed by atoms with E-state index in [4.69, 9.17) is 4.74 Å². The minimum atomic E-state index is -0.284. The summed E-state index contributed by atoms with van der Waals surface area (Å²) in [7, 11) is 1.57. The van der Waals surface area contributed by atoms with Crippen LogP contribution in [0, 0.1) is 12.7 Å². The normalized spacial score (nSPS) is 11.8. The van der Waals surface area contributed by atoms with Gasteiger partial charge in [-0.05, 0) is 53.8 Å². The van der Waals surface area contributed by atoms with Crippen LogP contribution in [0.1, 0.15) is 22.0 Å². The van der Waals surface area contributed by atoms with Crippen LogP contribution in [-0.2, 0) is 4.79 Å². The van der Waals surface area contributed by atoms with Crippen LogP contribution in [0.15, 0.2) is 60.0 Å². The van der Waals surface area contributed by atoms with E-state index in [9.17, 15) is 9.18 Å². The van der Waals surface area contributed by atoms with Crippen LogP contribution in [0.25, 0.3) is 0 Å². The number of halogens is 1. The molecule has 0 aliphatic rings. The number of anilines is 1. The van der Waals surface area contributed by atoms with E-state index >= 15 is 0 Å². The van der Waals surface area contributed by atoms with Crippen LogP contribution < -0.4 is 15.4 Å². The smallest absolute Gasteiger partial charge is 0.238 e. The second-order valence-corrected chi connectivity index (χ2v) is 7.11. The van der Waals surface area contributed by atoms with Crippen molar-refractivity contribution in [3.05, 3.63) is 81.8 Å². The minimum absolute atomic E-state index is 0.108. The molecule has 1 aromatic heterocycles. The number of aryl methyl sites for hydroxylation is 1. The molecule has 0 fully saturated rings. The molecule has 0 aliphatic carbocycles. The number of carbonyl (C=O) groups excluding carboxylic acids is 1. The average molecular weight is 384 g/mol. The van der Waals surface area contributed by atoms with E-state index in [2.05, 4.69) is 10.6 Å². The Hall–Kier alpha value is -2.70. The fraction of sp³-hybridized carbons (Fsp3) is 0.190. The molecule has 0 spiro atoms. The zero-order chi connectivity index (χ0) is 19.2. The highest BCUT2D eigenvalue weighted by Crippen LogP contribution is 2.27. The van der Waals surface area contributed by atoms with Gasteiger partial charge in [-0.15, -0.1) is 11.3 Å².